The number of thiazole rings is 1. The van der Waals surface area contributed by atoms with E-state index in [1.54, 1.807) is 30.7 Å². The predicted molar refractivity (Wildman–Crippen MR) is 135 cm³/mol. The molecule has 5 rings (SSSR count). The Kier molecular flexibility index (Phi) is 6.65. The maximum absolute atomic E-state index is 13.1. The number of aromatic nitrogens is 5. The van der Waals surface area contributed by atoms with E-state index in [1.807, 2.05) is 13.0 Å². The first-order valence-corrected chi connectivity index (χ1v) is 12.6. The van der Waals surface area contributed by atoms with Gasteiger partial charge >= 0.3 is 6.18 Å². The summed E-state index contributed by atoms with van der Waals surface area (Å²) in [6.07, 6.45) is 2.63. The van der Waals surface area contributed by atoms with Gasteiger partial charge in [0, 0.05) is 35.8 Å². The number of rotatable bonds is 6. The number of benzene rings is 1. The lowest BCUT2D eigenvalue weighted by molar-refractivity contribution is -0.141. The van der Waals surface area contributed by atoms with Gasteiger partial charge in [-0.2, -0.15) is 18.3 Å². The highest BCUT2D eigenvalue weighted by Crippen LogP contribution is 2.45. The van der Waals surface area contributed by atoms with Crippen molar-refractivity contribution in [3.8, 4) is 21.6 Å². The van der Waals surface area contributed by atoms with Crippen LogP contribution in [0.5, 0.6) is 0 Å². The number of alkyl halides is 3. The molecular formula is C25H24F3N7O2S. The summed E-state index contributed by atoms with van der Waals surface area (Å²) in [4.78, 5) is 24.5. The van der Waals surface area contributed by atoms with E-state index in [4.69, 9.17) is 5.73 Å². The second kappa shape index (κ2) is 9.80. The number of nitrogens with zero attached hydrogens (tertiary/aromatic N) is 4. The van der Waals surface area contributed by atoms with Gasteiger partial charge in [0.15, 0.2) is 0 Å². The molecule has 1 amide bonds. The Bertz CT molecular complexity index is 1460. The number of anilines is 2. The molecule has 9 nitrogen and oxygen atoms in total. The second-order valence-corrected chi connectivity index (χ2v) is 10.5. The average molecular weight is 544 g/mol. The van der Waals surface area contributed by atoms with E-state index >= 15 is 0 Å². The molecule has 5 N–H and O–H groups in total. The summed E-state index contributed by atoms with van der Waals surface area (Å²) in [6, 6.07) is 6.21. The van der Waals surface area contributed by atoms with E-state index in [0.29, 0.717) is 30.0 Å². The zero-order chi connectivity index (χ0) is 27.1. The normalized spacial score (nSPS) is 21.8. The standard InChI is InChI=1S/C25H24F3N7O2S/c1-13-9-24(37,4-2-18(13)21(29)36)22-31-12-19(38-22)15-6-14(16-10-32-33-11-16)7-17(8-15)34-23-30-5-3-20(35-23)25(26,27)28/h3,5-8,10-13,18,37H,2,4,9H2,1H3,(H2,29,36)(H,32,33)(H,30,34,35)/t13-,18+,24-/m0/s1. The minimum atomic E-state index is -4.60. The monoisotopic (exact) mass is 543 g/mol. The first-order valence-electron chi connectivity index (χ1n) is 11.8. The zero-order valence-electron chi connectivity index (χ0n) is 20.2. The van der Waals surface area contributed by atoms with Crippen LogP contribution in [0.4, 0.5) is 24.8 Å². The summed E-state index contributed by atoms with van der Waals surface area (Å²) in [5, 5.41) is 21.5. The lowest BCUT2D eigenvalue weighted by Gasteiger charge is -2.37. The molecule has 0 bridgehead atoms. The van der Waals surface area contributed by atoms with Gasteiger partial charge in [-0.25, -0.2) is 15.0 Å². The fraction of sp³-hybridized carbons (Fsp3) is 0.320. The number of amides is 1. The van der Waals surface area contributed by atoms with E-state index in [1.165, 1.54) is 11.3 Å². The highest BCUT2D eigenvalue weighted by Gasteiger charge is 2.42. The fourth-order valence-electron chi connectivity index (χ4n) is 4.82. The third-order valence-corrected chi connectivity index (χ3v) is 7.98. The van der Waals surface area contributed by atoms with Crippen LogP contribution in [0.1, 0.15) is 36.9 Å². The maximum atomic E-state index is 13.1. The predicted octanol–water partition coefficient (Wildman–Crippen LogP) is 4.86. The maximum Gasteiger partial charge on any atom is 0.433 e. The quantitative estimate of drug-likeness (QED) is 0.272. The van der Waals surface area contributed by atoms with Crippen LogP contribution in [-0.2, 0) is 16.6 Å². The molecule has 3 aromatic heterocycles. The van der Waals surface area contributed by atoms with Crippen LogP contribution >= 0.6 is 11.3 Å². The van der Waals surface area contributed by atoms with E-state index < -0.39 is 17.5 Å². The van der Waals surface area contributed by atoms with Gasteiger partial charge in [-0.3, -0.25) is 9.89 Å². The largest absolute Gasteiger partial charge is 0.433 e. The van der Waals surface area contributed by atoms with Crippen molar-refractivity contribution in [1.82, 2.24) is 25.1 Å². The van der Waals surface area contributed by atoms with Gasteiger partial charge in [0.1, 0.15) is 16.3 Å². The molecule has 3 atom stereocenters. The highest BCUT2D eigenvalue weighted by atomic mass is 32.1. The molecule has 1 saturated carbocycles. The van der Waals surface area contributed by atoms with Crippen molar-refractivity contribution in [2.24, 2.45) is 17.6 Å². The Morgan fingerprint density at radius 1 is 1.21 bits per heavy atom. The number of aliphatic hydroxyl groups is 1. The molecule has 1 fully saturated rings. The van der Waals surface area contributed by atoms with Crippen LogP contribution in [0.25, 0.3) is 21.6 Å². The zero-order valence-corrected chi connectivity index (χ0v) is 21.0. The van der Waals surface area contributed by atoms with Crippen LogP contribution in [0.2, 0.25) is 0 Å². The molecule has 0 unspecified atom stereocenters. The van der Waals surface area contributed by atoms with Crippen molar-refractivity contribution in [3.63, 3.8) is 0 Å². The number of primary amides is 1. The third kappa shape index (κ3) is 5.24. The second-order valence-electron chi connectivity index (χ2n) is 9.46. The molecule has 1 aliphatic rings. The van der Waals surface area contributed by atoms with Crippen molar-refractivity contribution < 1.29 is 23.1 Å². The minimum Gasteiger partial charge on any atom is -0.383 e. The number of nitrogens with two attached hydrogens (primary N) is 1. The van der Waals surface area contributed by atoms with Gasteiger partial charge in [-0.1, -0.05) is 6.92 Å². The van der Waals surface area contributed by atoms with Crippen LogP contribution in [0.15, 0.2) is 49.1 Å². The molecule has 0 radical (unpaired) electrons. The van der Waals surface area contributed by atoms with Crippen molar-refractivity contribution in [2.45, 2.75) is 38.0 Å². The third-order valence-electron chi connectivity index (χ3n) is 6.74. The minimum absolute atomic E-state index is 0.0914. The number of carbonyl (C=O) groups is 1. The fourth-order valence-corrected chi connectivity index (χ4v) is 5.85. The van der Waals surface area contributed by atoms with Crippen LogP contribution < -0.4 is 11.1 Å². The Labute approximate surface area is 219 Å². The van der Waals surface area contributed by atoms with E-state index in [0.717, 1.165) is 33.8 Å². The number of halogens is 3. The average Bonchev–Trinajstić information content (AvgIpc) is 3.56. The summed E-state index contributed by atoms with van der Waals surface area (Å²) in [5.41, 5.74) is 5.97. The Morgan fingerprint density at radius 3 is 2.68 bits per heavy atom. The van der Waals surface area contributed by atoms with Crippen LogP contribution in [0.3, 0.4) is 0 Å². The van der Waals surface area contributed by atoms with E-state index in [2.05, 4.69) is 30.5 Å². The molecular weight excluding hydrogens is 519 g/mol. The number of hydrogen-bond donors (Lipinski definition) is 4. The number of nitrogens with one attached hydrogen (secondary N) is 2. The molecule has 198 valence electrons. The van der Waals surface area contributed by atoms with Crippen LogP contribution in [0, 0.1) is 11.8 Å². The first kappa shape index (κ1) is 25.8. The SMILES string of the molecule is C[C@H]1C[C@](O)(c2ncc(-c3cc(Nc4nccc(C(F)(F)F)n4)cc(-c4cn[nH]c4)c3)s2)CC[C@H]1C(N)=O. The molecule has 1 aromatic carbocycles. The van der Waals surface area contributed by atoms with E-state index in [-0.39, 0.29) is 23.7 Å². The summed E-state index contributed by atoms with van der Waals surface area (Å²) in [6.45, 7) is 1.90. The molecule has 0 spiro atoms. The van der Waals surface area contributed by atoms with Gasteiger partial charge in [-0.05, 0) is 60.6 Å². The lowest BCUT2D eigenvalue weighted by Crippen LogP contribution is -2.40. The molecule has 0 saturated heterocycles. The van der Waals surface area contributed by atoms with Gasteiger partial charge in [-0.15, -0.1) is 11.3 Å². The molecule has 0 aliphatic heterocycles. The number of carbonyl (C=O) groups excluding carboxylic acids is 1. The molecule has 4 aromatic rings. The Morgan fingerprint density at radius 2 is 2.00 bits per heavy atom. The van der Waals surface area contributed by atoms with Crippen molar-refractivity contribution in [2.75, 3.05) is 5.32 Å². The van der Waals surface area contributed by atoms with Crippen molar-refractivity contribution in [1.29, 1.82) is 0 Å². The smallest absolute Gasteiger partial charge is 0.383 e. The Balaban J connectivity index is 1.48. The van der Waals surface area contributed by atoms with Crippen molar-refractivity contribution >= 4 is 28.9 Å². The molecule has 1 aliphatic carbocycles. The van der Waals surface area contributed by atoms with Gasteiger partial charge in [0.05, 0.1) is 11.1 Å². The van der Waals surface area contributed by atoms with Crippen LogP contribution in [-0.4, -0.2) is 36.2 Å². The molecule has 3 heterocycles. The van der Waals surface area contributed by atoms with Crippen molar-refractivity contribution in [3.05, 3.63) is 59.8 Å². The number of aromatic amines is 1. The summed E-state index contributed by atoms with van der Waals surface area (Å²) in [5.74, 6) is -0.936. The van der Waals surface area contributed by atoms with Gasteiger partial charge in [0.25, 0.3) is 0 Å². The lowest BCUT2D eigenvalue weighted by atomic mass is 9.72. The first-order chi connectivity index (χ1) is 18.0. The highest BCUT2D eigenvalue weighted by molar-refractivity contribution is 7.15. The topological polar surface area (TPSA) is 143 Å². The number of hydrogen-bond acceptors (Lipinski definition) is 8. The summed E-state index contributed by atoms with van der Waals surface area (Å²) < 4.78 is 39.4. The molecule has 38 heavy (non-hydrogen) atoms. The number of H-pyrrole nitrogens is 1. The van der Waals surface area contributed by atoms with Gasteiger partial charge in [0.2, 0.25) is 11.9 Å². The summed E-state index contributed by atoms with van der Waals surface area (Å²) in [7, 11) is 0. The molecule has 13 heteroatoms. The van der Waals surface area contributed by atoms with E-state index in [9.17, 15) is 23.1 Å². The summed E-state index contributed by atoms with van der Waals surface area (Å²) >= 11 is 1.32. The Hall–Kier alpha value is -3.84. The van der Waals surface area contributed by atoms with Gasteiger partial charge < -0.3 is 16.2 Å².